The van der Waals surface area contributed by atoms with E-state index in [1.54, 1.807) is 0 Å². The minimum Gasteiger partial charge on any atom is -0.0887 e. The molecule has 0 radical (unpaired) electrons. The average molecular weight is 163 g/mol. The molecule has 0 nitrogen and oxygen atoms in total. The third-order valence-corrected chi connectivity index (χ3v) is 2.67. The van der Waals surface area contributed by atoms with Crippen LogP contribution >= 0.6 is 15.9 Å². The number of hydrogen-bond acceptors (Lipinski definition) is 0. The SMILES string of the molecule is CC(C)C1CC1Br. The standard InChI is InChI=1S/C6H11Br/c1-4(2)5-3-6(5)7/h4-6H,3H2,1-2H3. The molecule has 2 atom stereocenters. The molecule has 1 aliphatic carbocycles. The second kappa shape index (κ2) is 1.77. The Morgan fingerprint density at radius 3 is 2.00 bits per heavy atom. The zero-order valence-corrected chi connectivity index (χ0v) is 6.40. The van der Waals surface area contributed by atoms with Crippen molar-refractivity contribution in [3.05, 3.63) is 0 Å². The first-order chi connectivity index (χ1) is 3.22. The molecule has 1 fully saturated rings. The summed E-state index contributed by atoms with van der Waals surface area (Å²) in [7, 11) is 0. The molecule has 0 N–H and O–H groups in total. The molecule has 0 spiro atoms. The van der Waals surface area contributed by atoms with Crippen molar-refractivity contribution in [2.45, 2.75) is 25.1 Å². The second-order valence-corrected chi connectivity index (χ2v) is 3.84. The maximum absolute atomic E-state index is 3.55. The molecular formula is C6H11Br. The van der Waals surface area contributed by atoms with Gasteiger partial charge in [0.1, 0.15) is 0 Å². The van der Waals surface area contributed by atoms with Crippen LogP contribution in [-0.4, -0.2) is 4.83 Å². The van der Waals surface area contributed by atoms with Crippen LogP contribution in [0.1, 0.15) is 20.3 Å². The Labute approximate surface area is 53.4 Å². The normalized spacial score (nSPS) is 39.4. The molecule has 0 heterocycles. The summed E-state index contributed by atoms with van der Waals surface area (Å²) < 4.78 is 0. The average Bonchev–Trinajstić information content (AvgIpc) is 2.17. The van der Waals surface area contributed by atoms with Gasteiger partial charge >= 0.3 is 0 Å². The summed E-state index contributed by atoms with van der Waals surface area (Å²) in [5.74, 6) is 1.88. The van der Waals surface area contributed by atoms with Crippen LogP contribution in [0.4, 0.5) is 0 Å². The molecule has 0 aromatic heterocycles. The second-order valence-electron chi connectivity index (χ2n) is 2.66. The first kappa shape index (κ1) is 5.61. The van der Waals surface area contributed by atoms with Crippen molar-refractivity contribution in [2.75, 3.05) is 0 Å². The van der Waals surface area contributed by atoms with Crippen molar-refractivity contribution in [2.24, 2.45) is 11.8 Å². The first-order valence-corrected chi connectivity index (χ1v) is 3.77. The van der Waals surface area contributed by atoms with Gasteiger partial charge < -0.3 is 0 Å². The van der Waals surface area contributed by atoms with Gasteiger partial charge in [-0.3, -0.25) is 0 Å². The molecule has 0 amide bonds. The highest BCUT2D eigenvalue weighted by Crippen LogP contribution is 2.42. The van der Waals surface area contributed by atoms with E-state index in [0.29, 0.717) is 0 Å². The summed E-state index contributed by atoms with van der Waals surface area (Å²) in [6.07, 6.45) is 1.40. The molecule has 7 heavy (non-hydrogen) atoms. The minimum atomic E-state index is 0.854. The maximum atomic E-state index is 3.55. The van der Waals surface area contributed by atoms with E-state index in [2.05, 4.69) is 29.8 Å². The molecule has 1 saturated carbocycles. The van der Waals surface area contributed by atoms with Gasteiger partial charge in [-0.1, -0.05) is 29.8 Å². The Kier molecular flexibility index (Phi) is 1.42. The van der Waals surface area contributed by atoms with Crippen LogP contribution in [0.3, 0.4) is 0 Å². The first-order valence-electron chi connectivity index (χ1n) is 2.86. The summed E-state index contributed by atoms with van der Waals surface area (Å²) in [6.45, 7) is 4.57. The van der Waals surface area contributed by atoms with E-state index in [-0.39, 0.29) is 0 Å². The monoisotopic (exact) mass is 162 g/mol. The molecule has 1 rings (SSSR count). The smallest absolute Gasteiger partial charge is 0.0180 e. The Balaban J connectivity index is 2.20. The quantitative estimate of drug-likeness (QED) is 0.520. The van der Waals surface area contributed by atoms with Crippen LogP contribution in [0.25, 0.3) is 0 Å². The van der Waals surface area contributed by atoms with E-state index in [1.807, 2.05) is 0 Å². The van der Waals surface area contributed by atoms with Crippen LogP contribution in [-0.2, 0) is 0 Å². The lowest BCUT2D eigenvalue weighted by molar-refractivity contribution is 0.567. The van der Waals surface area contributed by atoms with Gasteiger partial charge in [-0.25, -0.2) is 0 Å². The van der Waals surface area contributed by atoms with Crippen LogP contribution < -0.4 is 0 Å². The zero-order valence-electron chi connectivity index (χ0n) is 4.82. The summed E-state index contributed by atoms with van der Waals surface area (Å²) in [4.78, 5) is 0.854. The van der Waals surface area contributed by atoms with Crippen LogP contribution in [0, 0.1) is 11.8 Å². The van der Waals surface area contributed by atoms with Crippen molar-refractivity contribution in [3.8, 4) is 0 Å². The van der Waals surface area contributed by atoms with Crippen molar-refractivity contribution >= 4 is 15.9 Å². The van der Waals surface area contributed by atoms with Gasteiger partial charge in [0.25, 0.3) is 0 Å². The molecule has 0 saturated heterocycles. The zero-order chi connectivity index (χ0) is 5.44. The molecule has 1 heteroatoms. The van der Waals surface area contributed by atoms with Gasteiger partial charge in [0, 0.05) is 4.83 Å². The van der Waals surface area contributed by atoms with Crippen molar-refractivity contribution in [1.29, 1.82) is 0 Å². The van der Waals surface area contributed by atoms with E-state index in [9.17, 15) is 0 Å². The Morgan fingerprint density at radius 2 is 2.00 bits per heavy atom. The van der Waals surface area contributed by atoms with Gasteiger partial charge in [-0.15, -0.1) is 0 Å². The number of alkyl halides is 1. The summed E-state index contributed by atoms with van der Waals surface area (Å²) in [5, 5.41) is 0. The molecule has 2 unspecified atom stereocenters. The molecular weight excluding hydrogens is 152 g/mol. The van der Waals surface area contributed by atoms with Gasteiger partial charge in [-0.05, 0) is 18.3 Å². The molecule has 42 valence electrons. The lowest BCUT2D eigenvalue weighted by atomic mass is 10.1. The predicted molar refractivity (Wildman–Crippen MR) is 35.7 cm³/mol. The van der Waals surface area contributed by atoms with E-state index in [0.717, 1.165) is 16.7 Å². The van der Waals surface area contributed by atoms with E-state index < -0.39 is 0 Å². The van der Waals surface area contributed by atoms with Gasteiger partial charge in [0.05, 0.1) is 0 Å². The topological polar surface area (TPSA) is 0 Å². The third-order valence-electron chi connectivity index (χ3n) is 1.62. The van der Waals surface area contributed by atoms with E-state index >= 15 is 0 Å². The summed E-state index contributed by atoms with van der Waals surface area (Å²) in [5.41, 5.74) is 0. The number of halogens is 1. The summed E-state index contributed by atoms with van der Waals surface area (Å²) >= 11 is 3.55. The van der Waals surface area contributed by atoms with Gasteiger partial charge in [0.2, 0.25) is 0 Å². The number of hydrogen-bond donors (Lipinski definition) is 0. The molecule has 0 aromatic carbocycles. The fraction of sp³-hybridized carbons (Fsp3) is 1.00. The fourth-order valence-corrected chi connectivity index (χ4v) is 1.91. The molecule has 0 bridgehead atoms. The van der Waals surface area contributed by atoms with Crippen molar-refractivity contribution in [1.82, 2.24) is 0 Å². The Hall–Kier alpha value is 0.480. The fourth-order valence-electron chi connectivity index (χ4n) is 0.871. The minimum absolute atomic E-state index is 0.854. The number of rotatable bonds is 1. The lowest BCUT2D eigenvalue weighted by Gasteiger charge is -1.96. The highest BCUT2D eigenvalue weighted by molar-refractivity contribution is 9.09. The highest BCUT2D eigenvalue weighted by atomic mass is 79.9. The van der Waals surface area contributed by atoms with Crippen LogP contribution in [0.2, 0.25) is 0 Å². The van der Waals surface area contributed by atoms with Gasteiger partial charge in [-0.2, -0.15) is 0 Å². The predicted octanol–water partition coefficient (Wildman–Crippen LogP) is 2.43. The highest BCUT2D eigenvalue weighted by Gasteiger charge is 2.36. The Morgan fingerprint density at radius 1 is 1.57 bits per heavy atom. The van der Waals surface area contributed by atoms with Crippen molar-refractivity contribution in [3.63, 3.8) is 0 Å². The molecule has 1 aliphatic rings. The lowest BCUT2D eigenvalue weighted by Crippen LogP contribution is -1.89. The molecule has 0 aromatic rings. The third kappa shape index (κ3) is 1.18. The van der Waals surface area contributed by atoms with Gasteiger partial charge in [0.15, 0.2) is 0 Å². The van der Waals surface area contributed by atoms with Crippen LogP contribution in [0.5, 0.6) is 0 Å². The van der Waals surface area contributed by atoms with E-state index in [1.165, 1.54) is 6.42 Å². The Bertz CT molecular complexity index is 68.6. The maximum Gasteiger partial charge on any atom is 0.0180 e. The summed E-state index contributed by atoms with van der Waals surface area (Å²) in [6, 6.07) is 0. The molecule has 0 aliphatic heterocycles. The van der Waals surface area contributed by atoms with Crippen LogP contribution in [0.15, 0.2) is 0 Å². The largest absolute Gasteiger partial charge is 0.0887 e. The van der Waals surface area contributed by atoms with E-state index in [4.69, 9.17) is 0 Å². The van der Waals surface area contributed by atoms with Crippen molar-refractivity contribution < 1.29 is 0 Å².